The lowest BCUT2D eigenvalue weighted by molar-refractivity contribution is -0.121. The topological polar surface area (TPSA) is 72.7 Å². The number of hydrogen-bond acceptors (Lipinski definition) is 5. The molecule has 0 aliphatic heterocycles. The maximum absolute atomic E-state index is 12.2. The van der Waals surface area contributed by atoms with Crippen LogP contribution in [-0.4, -0.2) is 25.9 Å². The highest BCUT2D eigenvalue weighted by molar-refractivity contribution is 7.13. The third-order valence-electron chi connectivity index (χ3n) is 3.80. The van der Waals surface area contributed by atoms with Crippen molar-refractivity contribution in [3.63, 3.8) is 0 Å². The Morgan fingerprint density at radius 1 is 1.16 bits per heavy atom. The van der Waals surface area contributed by atoms with Gasteiger partial charge >= 0.3 is 0 Å². The number of carbonyl (C=O) groups excluding carboxylic acids is 1. The quantitative estimate of drug-likeness (QED) is 0.601. The van der Waals surface area contributed by atoms with Crippen LogP contribution in [0.3, 0.4) is 0 Å². The van der Waals surface area contributed by atoms with Gasteiger partial charge in [-0.1, -0.05) is 23.4 Å². The zero-order valence-corrected chi connectivity index (χ0v) is 14.1. The molecule has 1 amide bonds. The van der Waals surface area contributed by atoms with Crippen LogP contribution >= 0.6 is 11.3 Å². The summed E-state index contributed by atoms with van der Waals surface area (Å²) in [6.45, 7) is 0.593. The first-order valence-corrected chi connectivity index (χ1v) is 8.71. The van der Waals surface area contributed by atoms with E-state index in [1.54, 1.807) is 22.2 Å². The van der Waals surface area contributed by atoms with Crippen molar-refractivity contribution in [2.75, 3.05) is 0 Å². The van der Waals surface area contributed by atoms with Crippen LogP contribution < -0.4 is 5.32 Å². The number of nitrogens with zero attached hydrogens (tertiary/aromatic N) is 4. The fraction of sp³-hybridized carbons (Fsp3) is 0.111. The Bertz CT molecular complexity index is 1010. The van der Waals surface area contributed by atoms with E-state index in [2.05, 4.69) is 20.6 Å². The number of thiophene rings is 1. The molecule has 0 radical (unpaired) electrons. The first-order valence-electron chi connectivity index (χ1n) is 7.83. The molecule has 1 aromatic carbocycles. The van der Waals surface area contributed by atoms with E-state index in [1.807, 2.05) is 53.9 Å². The van der Waals surface area contributed by atoms with Crippen LogP contribution in [0.5, 0.6) is 0 Å². The molecule has 0 saturated heterocycles. The number of rotatable bonds is 5. The van der Waals surface area contributed by atoms with Crippen LogP contribution in [0.15, 0.2) is 60.1 Å². The van der Waals surface area contributed by atoms with E-state index in [1.165, 1.54) is 0 Å². The second-order valence-corrected chi connectivity index (χ2v) is 6.49. The Hall–Kier alpha value is -3.06. The molecule has 0 fully saturated rings. The summed E-state index contributed by atoms with van der Waals surface area (Å²) >= 11 is 1.64. The highest BCUT2D eigenvalue weighted by Crippen LogP contribution is 2.22. The fourth-order valence-electron chi connectivity index (χ4n) is 2.57. The van der Waals surface area contributed by atoms with E-state index in [4.69, 9.17) is 0 Å². The zero-order valence-electron chi connectivity index (χ0n) is 13.3. The van der Waals surface area contributed by atoms with Crippen molar-refractivity contribution in [1.29, 1.82) is 0 Å². The number of hydrogen-bond donors (Lipinski definition) is 1. The average Bonchev–Trinajstić information content (AvgIpc) is 3.31. The zero-order chi connectivity index (χ0) is 17.1. The predicted octanol–water partition coefficient (Wildman–Crippen LogP) is 2.87. The van der Waals surface area contributed by atoms with Crippen LogP contribution in [0.2, 0.25) is 0 Å². The molecule has 0 spiro atoms. The van der Waals surface area contributed by atoms with Gasteiger partial charge in [0.2, 0.25) is 5.91 Å². The van der Waals surface area contributed by atoms with Crippen molar-refractivity contribution in [2.45, 2.75) is 13.1 Å². The van der Waals surface area contributed by atoms with Gasteiger partial charge in [-0.05, 0) is 41.3 Å². The molecule has 7 heteroatoms. The number of nitrogens with one attached hydrogen (secondary N) is 1. The molecule has 0 saturated carbocycles. The summed E-state index contributed by atoms with van der Waals surface area (Å²) in [6.07, 6.45) is 1.77. The van der Waals surface area contributed by atoms with E-state index in [9.17, 15) is 4.79 Å². The molecule has 3 heterocycles. The van der Waals surface area contributed by atoms with Crippen molar-refractivity contribution >= 4 is 28.3 Å². The minimum atomic E-state index is -0.106. The van der Waals surface area contributed by atoms with Crippen LogP contribution in [0.25, 0.3) is 21.6 Å². The molecular weight excluding hydrogens is 334 g/mol. The summed E-state index contributed by atoms with van der Waals surface area (Å²) in [5.41, 5.74) is 3.56. The highest BCUT2D eigenvalue weighted by atomic mass is 32.1. The summed E-state index contributed by atoms with van der Waals surface area (Å²) in [5, 5.41) is 13.0. The SMILES string of the molecule is O=C(Cn1nnc2ccccc21)NCc1ccnc(-c2cccs2)c1. The van der Waals surface area contributed by atoms with E-state index >= 15 is 0 Å². The van der Waals surface area contributed by atoms with Crippen LogP contribution in [-0.2, 0) is 17.9 Å². The van der Waals surface area contributed by atoms with E-state index in [0.717, 1.165) is 27.2 Å². The number of aromatic nitrogens is 4. The van der Waals surface area contributed by atoms with Gasteiger partial charge in [-0.3, -0.25) is 9.78 Å². The molecular formula is C18H15N5OS. The largest absolute Gasteiger partial charge is 0.350 e. The maximum Gasteiger partial charge on any atom is 0.242 e. The molecule has 0 unspecified atom stereocenters. The van der Waals surface area contributed by atoms with E-state index < -0.39 is 0 Å². The molecule has 4 aromatic rings. The van der Waals surface area contributed by atoms with Crippen molar-refractivity contribution in [3.05, 3.63) is 65.7 Å². The monoisotopic (exact) mass is 349 g/mol. The Morgan fingerprint density at radius 2 is 2.08 bits per heavy atom. The van der Waals surface area contributed by atoms with Crippen molar-refractivity contribution < 1.29 is 4.79 Å². The van der Waals surface area contributed by atoms with Gasteiger partial charge in [0, 0.05) is 12.7 Å². The molecule has 0 aliphatic rings. The number of fused-ring (bicyclic) bond motifs is 1. The van der Waals surface area contributed by atoms with Gasteiger partial charge in [-0.2, -0.15) is 0 Å². The lowest BCUT2D eigenvalue weighted by atomic mass is 10.2. The van der Waals surface area contributed by atoms with Gasteiger partial charge in [0.25, 0.3) is 0 Å². The number of benzene rings is 1. The van der Waals surface area contributed by atoms with Gasteiger partial charge < -0.3 is 5.32 Å². The third kappa shape index (κ3) is 3.41. The Kier molecular flexibility index (Phi) is 4.22. The van der Waals surface area contributed by atoms with Crippen LogP contribution in [0.4, 0.5) is 0 Å². The molecule has 6 nitrogen and oxygen atoms in total. The molecule has 0 atom stereocenters. The predicted molar refractivity (Wildman–Crippen MR) is 96.9 cm³/mol. The van der Waals surface area contributed by atoms with Gasteiger partial charge in [0.05, 0.1) is 16.1 Å². The lowest BCUT2D eigenvalue weighted by Crippen LogP contribution is -2.27. The Morgan fingerprint density at radius 3 is 2.96 bits per heavy atom. The smallest absolute Gasteiger partial charge is 0.242 e. The lowest BCUT2D eigenvalue weighted by Gasteiger charge is -2.07. The summed E-state index contributed by atoms with van der Waals surface area (Å²) in [6, 6.07) is 15.5. The molecule has 0 aliphatic carbocycles. The summed E-state index contributed by atoms with van der Waals surface area (Å²) in [4.78, 5) is 17.7. The molecule has 3 aromatic heterocycles. The molecule has 1 N–H and O–H groups in total. The first-order chi connectivity index (χ1) is 12.3. The van der Waals surface area contributed by atoms with E-state index in [-0.39, 0.29) is 12.5 Å². The number of carbonyl (C=O) groups is 1. The van der Waals surface area contributed by atoms with Gasteiger partial charge in [-0.15, -0.1) is 16.4 Å². The molecule has 124 valence electrons. The molecule has 25 heavy (non-hydrogen) atoms. The summed E-state index contributed by atoms with van der Waals surface area (Å²) in [7, 11) is 0. The van der Waals surface area contributed by atoms with Crippen LogP contribution in [0.1, 0.15) is 5.56 Å². The first kappa shape index (κ1) is 15.5. The van der Waals surface area contributed by atoms with Gasteiger partial charge in [-0.25, -0.2) is 4.68 Å². The number of pyridine rings is 1. The summed E-state index contributed by atoms with van der Waals surface area (Å²) in [5.74, 6) is -0.106. The summed E-state index contributed by atoms with van der Waals surface area (Å²) < 4.78 is 1.61. The second-order valence-electron chi connectivity index (χ2n) is 5.54. The van der Waals surface area contributed by atoms with Crippen molar-refractivity contribution in [1.82, 2.24) is 25.3 Å². The minimum absolute atomic E-state index is 0.106. The second kappa shape index (κ2) is 6.82. The van der Waals surface area contributed by atoms with Crippen molar-refractivity contribution in [3.8, 4) is 10.6 Å². The normalized spacial score (nSPS) is 10.9. The standard InChI is InChI=1S/C18H15N5OS/c24-18(12-23-16-5-2-1-4-14(16)21-22-23)20-11-13-7-8-19-15(10-13)17-6-3-9-25-17/h1-10H,11-12H2,(H,20,24). The number of amides is 1. The highest BCUT2D eigenvalue weighted by Gasteiger charge is 2.09. The molecule has 0 bridgehead atoms. The van der Waals surface area contributed by atoms with Gasteiger partial charge in [0.1, 0.15) is 12.1 Å². The van der Waals surface area contributed by atoms with Crippen molar-refractivity contribution in [2.24, 2.45) is 0 Å². The minimum Gasteiger partial charge on any atom is -0.350 e. The fourth-order valence-corrected chi connectivity index (χ4v) is 3.26. The average molecular weight is 349 g/mol. The maximum atomic E-state index is 12.2. The Labute approximate surface area is 148 Å². The van der Waals surface area contributed by atoms with Crippen LogP contribution in [0, 0.1) is 0 Å². The third-order valence-corrected chi connectivity index (χ3v) is 4.69. The van der Waals surface area contributed by atoms with Gasteiger partial charge in [0.15, 0.2) is 0 Å². The number of para-hydroxylation sites is 1. The molecule has 4 rings (SSSR count). The Balaban J connectivity index is 1.41. The van der Waals surface area contributed by atoms with E-state index in [0.29, 0.717) is 6.54 Å².